The molecule has 1 amide bonds. The van der Waals surface area contributed by atoms with Gasteiger partial charge in [0.05, 0.1) is 6.42 Å². The normalized spacial score (nSPS) is 19.2. The summed E-state index contributed by atoms with van der Waals surface area (Å²) in [7, 11) is 0. The first-order valence-electron chi connectivity index (χ1n) is 9.85. The number of esters is 1. The highest BCUT2D eigenvalue weighted by atomic mass is 16.5. The number of hydrogen-bond acceptors (Lipinski definition) is 6. The first-order valence-corrected chi connectivity index (χ1v) is 9.85. The number of nitrogens with one attached hydrogen (secondary N) is 1. The zero-order valence-corrected chi connectivity index (χ0v) is 16.4. The van der Waals surface area contributed by atoms with Gasteiger partial charge in [-0.1, -0.05) is 37.5 Å². The fourth-order valence-corrected chi connectivity index (χ4v) is 3.37. The predicted molar refractivity (Wildman–Crippen MR) is 103 cm³/mol. The van der Waals surface area contributed by atoms with Gasteiger partial charge in [-0.05, 0) is 37.8 Å². The van der Waals surface area contributed by atoms with Crippen LogP contribution in [-0.4, -0.2) is 34.7 Å². The summed E-state index contributed by atoms with van der Waals surface area (Å²) in [6.45, 7) is 3.90. The van der Waals surface area contributed by atoms with E-state index < -0.39 is 5.97 Å². The second kappa shape index (κ2) is 9.48. The number of nitrogens with zero attached hydrogens (tertiary/aromatic N) is 2. The first kappa shape index (κ1) is 20.0. The smallest absolute Gasteiger partial charge is 0.306 e. The number of ether oxygens (including phenoxy) is 1. The van der Waals surface area contributed by atoms with Gasteiger partial charge < -0.3 is 14.5 Å². The van der Waals surface area contributed by atoms with E-state index in [0.29, 0.717) is 17.7 Å². The monoisotopic (exact) mass is 385 g/mol. The average Bonchev–Trinajstić information content (AvgIpc) is 3.16. The lowest BCUT2D eigenvalue weighted by atomic mass is 9.86. The fraction of sp³-hybridized carbons (Fsp3) is 0.524. The Morgan fingerprint density at radius 1 is 1.18 bits per heavy atom. The Kier molecular flexibility index (Phi) is 6.79. The van der Waals surface area contributed by atoms with Crippen molar-refractivity contribution in [3.63, 3.8) is 0 Å². The van der Waals surface area contributed by atoms with Crippen molar-refractivity contribution in [2.75, 3.05) is 6.61 Å². The third-order valence-electron chi connectivity index (χ3n) is 5.13. The molecule has 28 heavy (non-hydrogen) atoms. The number of hydrogen-bond donors (Lipinski definition) is 1. The lowest BCUT2D eigenvalue weighted by molar-refractivity contribution is -0.148. The largest absolute Gasteiger partial charge is 0.456 e. The molecule has 2 aromatic rings. The quantitative estimate of drug-likeness (QED) is 0.736. The maximum absolute atomic E-state index is 12.0. The molecule has 1 heterocycles. The van der Waals surface area contributed by atoms with Crippen LogP contribution in [0.15, 0.2) is 28.7 Å². The van der Waals surface area contributed by atoms with Gasteiger partial charge >= 0.3 is 5.97 Å². The van der Waals surface area contributed by atoms with Crippen LogP contribution in [0.1, 0.15) is 50.5 Å². The van der Waals surface area contributed by atoms with Crippen LogP contribution >= 0.6 is 0 Å². The molecule has 1 aliphatic rings. The first-order chi connectivity index (χ1) is 13.5. The van der Waals surface area contributed by atoms with Gasteiger partial charge in [0.2, 0.25) is 11.8 Å². The molecular formula is C21H27N3O4. The summed E-state index contributed by atoms with van der Waals surface area (Å²) in [5.74, 6) is 0.555. The highest BCUT2D eigenvalue weighted by Crippen LogP contribution is 2.23. The predicted octanol–water partition coefficient (Wildman–Crippen LogP) is 3.22. The van der Waals surface area contributed by atoms with Gasteiger partial charge in [-0.2, -0.15) is 0 Å². The van der Waals surface area contributed by atoms with Gasteiger partial charge in [0.1, 0.15) is 0 Å². The second-order valence-electron chi connectivity index (χ2n) is 7.46. The van der Waals surface area contributed by atoms with Crippen molar-refractivity contribution < 1.29 is 18.7 Å². The average molecular weight is 385 g/mol. The second-order valence-corrected chi connectivity index (χ2v) is 7.46. The Labute approximate surface area is 164 Å². The van der Waals surface area contributed by atoms with Crippen LogP contribution in [0.25, 0.3) is 11.5 Å². The Morgan fingerprint density at radius 2 is 1.93 bits per heavy atom. The number of aryl methyl sites for hydroxylation is 2. The van der Waals surface area contributed by atoms with Gasteiger partial charge in [0.15, 0.2) is 6.61 Å². The van der Waals surface area contributed by atoms with Crippen molar-refractivity contribution in [1.29, 1.82) is 0 Å². The highest BCUT2D eigenvalue weighted by molar-refractivity contribution is 5.80. The van der Waals surface area contributed by atoms with E-state index in [2.05, 4.69) is 22.4 Å². The lowest BCUT2D eigenvalue weighted by Gasteiger charge is -2.29. The van der Waals surface area contributed by atoms with E-state index in [-0.39, 0.29) is 31.4 Å². The molecule has 2 atom stereocenters. The SMILES string of the molecule is Cc1ccc(-c2nnc(CCC(=O)OCC(=O)NC3CCCCC3C)o2)cc1. The molecule has 0 bridgehead atoms. The Morgan fingerprint density at radius 3 is 2.68 bits per heavy atom. The van der Waals surface area contributed by atoms with Crippen molar-refractivity contribution >= 4 is 11.9 Å². The number of carbonyl (C=O) groups excluding carboxylic acids is 2. The molecule has 0 radical (unpaired) electrons. The summed E-state index contributed by atoms with van der Waals surface area (Å²) in [5, 5.41) is 10.9. The van der Waals surface area contributed by atoms with Crippen LogP contribution in [-0.2, 0) is 20.7 Å². The molecule has 1 aromatic carbocycles. The summed E-state index contributed by atoms with van der Waals surface area (Å²) in [6, 6.07) is 7.93. The van der Waals surface area contributed by atoms with Crippen LogP contribution in [0.2, 0.25) is 0 Å². The molecule has 1 aliphatic carbocycles. The Hall–Kier alpha value is -2.70. The van der Waals surface area contributed by atoms with Gasteiger partial charge in [-0.25, -0.2) is 0 Å². The maximum Gasteiger partial charge on any atom is 0.306 e. The van der Waals surface area contributed by atoms with Gasteiger partial charge in [0.25, 0.3) is 5.91 Å². The summed E-state index contributed by atoms with van der Waals surface area (Å²) in [5.41, 5.74) is 1.98. The van der Waals surface area contributed by atoms with E-state index in [1.807, 2.05) is 31.2 Å². The van der Waals surface area contributed by atoms with Crippen molar-refractivity contribution in [3.8, 4) is 11.5 Å². The molecule has 2 unspecified atom stereocenters. The summed E-state index contributed by atoms with van der Waals surface area (Å²) in [6.07, 6.45) is 4.82. The minimum atomic E-state index is -0.457. The third-order valence-corrected chi connectivity index (χ3v) is 5.13. The molecule has 7 heteroatoms. The summed E-state index contributed by atoms with van der Waals surface area (Å²) >= 11 is 0. The van der Waals surface area contributed by atoms with E-state index in [9.17, 15) is 9.59 Å². The van der Waals surface area contributed by atoms with Crippen LogP contribution in [0.3, 0.4) is 0 Å². The van der Waals surface area contributed by atoms with Gasteiger partial charge in [0, 0.05) is 18.0 Å². The molecule has 3 rings (SSSR count). The molecule has 1 aromatic heterocycles. The van der Waals surface area contributed by atoms with Crippen molar-refractivity contribution in [1.82, 2.24) is 15.5 Å². The molecule has 1 fully saturated rings. The highest BCUT2D eigenvalue weighted by Gasteiger charge is 2.23. The van der Waals surface area contributed by atoms with Crippen LogP contribution in [0, 0.1) is 12.8 Å². The fourth-order valence-electron chi connectivity index (χ4n) is 3.37. The van der Waals surface area contributed by atoms with E-state index in [0.717, 1.165) is 30.4 Å². The molecule has 150 valence electrons. The molecular weight excluding hydrogens is 358 g/mol. The Balaban J connectivity index is 1.39. The number of aromatic nitrogens is 2. The summed E-state index contributed by atoms with van der Waals surface area (Å²) in [4.78, 5) is 23.9. The lowest BCUT2D eigenvalue weighted by Crippen LogP contribution is -2.42. The van der Waals surface area contributed by atoms with Crippen LogP contribution < -0.4 is 5.32 Å². The van der Waals surface area contributed by atoms with Crippen LogP contribution in [0.4, 0.5) is 0 Å². The van der Waals surface area contributed by atoms with Crippen molar-refractivity contribution in [2.24, 2.45) is 5.92 Å². The number of amides is 1. The van der Waals surface area contributed by atoms with E-state index in [4.69, 9.17) is 9.15 Å². The zero-order valence-electron chi connectivity index (χ0n) is 16.4. The minimum absolute atomic E-state index is 0.0860. The molecule has 0 aliphatic heterocycles. The van der Waals surface area contributed by atoms with Crippen molar-refractivity contribution in [3.05, 3.63) is 35.7 Å². The molecule has 0 spiro atoms. The number of benzene rings is 1. The number of rotatable bonds is 7. The molecule has 1 N–H and O–H groups in total. The minimum Gasteiger partial charge on any atom is -0.456 e. The molecule has 7 nitrogen and oxygen atoms in total. The van der Waals surface area contributed by atoms with E-state index >= 15 is 0 Å². The Bertz CT molecular complexity index is 800. The van der Waals surface area contributed by atoms with Crippen molar-refractivity contribution in [2.45, 2.75) is 58.4 Å². The standard InChI is InChI=1S/C21H27N3O4/c1-14-7-9-16(10-8-14)21-24-23-19(28-21)11-12-20(26)27-13-18(25)22-17-6-4-3-5-15(17)2/h7-10,15,17H,3-6,11-13H2,1-2H3,(H,22,25). The number of carbonyl (C=O) groups is 2. The third kappa shape index (κ3) is 5.65. The van der Waals surface area contributed by atoms with Gasteiger partial charge in [-0.3, -0.25) is 9.59 Å². The summed E-state index contributed by atoms with van der Waals surface area (Å²) < 4.78 is 10.7. The zero-order chi connectivity index (χ0) is 19.9. The van der Waals surface area contributed by atoms with E-state index in [1.165, 1.54) is 6.42 Å². The van der Waals surface area contributed by atoms with Crippen LogP contribution in [0.5, 0.6) is 0 Å². The molecule has 0 saturated heterocycles. The maximum atomic E-state index is 12.0. The van der Waals surface area contributed by atoms with Gasteiger partial charge in [-0.15, -0.1) is 10.2 Å². The molecule has 1 saturated carbocycles. The topological polar surface area (TPSA) is 94.3 Å². The van der Waals surface area contributed by atoms with E-state index in [1.54, 1.807) is 0 Å².